The number of aliphatic carboxylic acids is 1. The van der Waals surface area contributed by atoms with Crippen LogP contribution >= 0.6 is 0 Å². The number of hydrogen-bond donors (Lipinski definition) is 2. The number of carbonyl (C=O) groups is 2. The molecule has 0 saturated carbocycles. The SMILES string of the molecule is COc1cccc(NC(=O)c2ccnn2C(C)C(=O)O)c1. The van der Waals surface area contributed by atoms with E-state index in [0.717, 1.165) is 4.68 Å². The second kappa shape index (κ2) is 6.08. The standard InChI is InChI=1S/C14H15N3O4/c1-9(14(19)20)17-12(6-7-15-17)13(18)16-10-4-3-5-11(8-10)21-2/h3-9H,1-2H3,(H,16,18)(H,19,20). The summed E-state index contributed by atoms with van der Waals surface area (Å²) in [5.74, 6) is -0.886. The van der Waals surface area contributed by atoms with Crippen molar-refractivity contribution in [3.63, 3.8) is 0 Å². The first-order valence-electron chi connectivity index (χ1n) is 6.24. The third-order valence-electron chi connectivity index (χ3n) is 2.95. The molecule has 1 aromatic heterocycles. The molecule has 1 unspecified atom stereocenters. The van der Waals surface area contributed by atoms with E-state index in [1.165, 1.54) is 26.3 Å². The van der Waals surface area contributed by atoms with Gasteiger partial charge in [0.05, 0.1) is 7.11 Å². The summed E-state index contributed by atoms with van der Waals surface area (Å²) in [4.78, 5) is 23.2. The summed E-state index contributed by atoms with van der Waals surface area (Å²) < 4.78 is 6.24. The summed E-state index contributed by atoms with van der Waals surface area (Å²) in [6.45, 7) is 1.46. The van der Waals surface area contributed by atoms with Crippen molar-refractivity contribution in [2.75, 3.05) is 12.4 Å². The number of rotatable bonds is 5. The van der Waals surface area contributed by atoms with Gasteiger partial charge < -0.3 is 15.2 Å². The highest BCUT2D eigenvalue weighted by Gasteiger charge is 2.21. The predicted octanol–water partition coefficient (Wildman–Crippen LogP) is 1.79. The molecule has 0 fully saturated rings. The molecule has 7 nitrogen and oxygen atoms in total. The fourth-order valence-electron chi connectivity index (χ4n) is 1.80. The van der Waals surface area contributed by atoms with Crippen molar-refractivity contribution < 1.29 is 19.4 Å². The number of nitrogens with zero attached hydrogens (tertiary/aromatic N) is 2. The van der Waals surface area contributed by atoms with Gasteiger partial charge in [-0.25, -0.2) is 9.48 Å². The highest BCUT2D eigenvalue weighted by molar-refractivity contribution is 6.03. The molecule has 2 aromatic rings. The molecule has 7 heteroatoms. The van der Waals surface area contributed by atoms with Gasteiger partial charge in [0.1, 0.15) is 17.5 Å². The first kappa shape index (κ1) is 14.6. The van der Waals surface area contributed by atoms with Crippen molar-refractivity contribution in [2.45, 2.75) is 13.0 Å². The van der Waals surface area contributed by atoms with Gasteiger partial charge in [0, 0.05) is 18.0 Å². The van der Waals surface area contributed by atoms with Crippen LogP contribution in [-0.4, -0.2) is 33.9 Å². The molecule has 2 N–H and O–H groups in total. The summed E-state index contributed by atoms with van der Waals surface area (Å²) >= 11 is 0. The molecule has 0 aliphatic rings. The fraction of sp³-hybridized carbons (Fsp3) is 0.214. The van der Waals surface area contributed by atoms with Crippen molar-refractivity contribution >= 4 is 17.6 Å². The number of carbonyl (C=O) groups excluding carboxylic acids is 1. The van der Waals surface area contributed by atoms with Gasteiger partial charge in [0.15, 0.2) is 0 Å². The Labute approximate surface area is 121 Å². The van der Waals surface area contributed by atoms with Crippen LogP contribution in [-0.2, 0) is 4.79 Å². The van der Waals surface area contributed by atoms with Gasteiger partial charge in [-0.05, 0) is 25.1 Å². The van der Waals surface area contributed by atoms with Crippen molar-refractivity contribution in [1.29, 1.82) is 0 Å². The number of anilines is 1. The number of amides is 1. The van der Waals surface area contributed by atoms with Crippen molar-refractivity contribution in [1.82, 2.24) is 9.78 Å². The van der Waals surface area contributed by atoms with E-state index in [0.29, 0.717) is 11.4 Å². The van der Waals surface area contributed by atoms with E-state index in [9.17, 15) is 9.59 Å². The third-order valence-corrected chi connectivity index (χ3v) is 2.95. The van der Waals surface area contributed by atoms with Crippen molar-refractivity contribution in [3.05, 3.63) is 42.2 Å². The highest BCUT2D eigenvalue weighted by Crippen LogP contribution is 2.18. The summed E-state index contributed by atoms with van der Waals surface area (Å²) in [5.41, 5.74) is 0.725. The number of carboxylic acid groups (broad SMARTS) is 1. The smallest absolute Gasteiger partial charge is 0.328 e. The van der Waals surface area contributed by atoms with Crippen LogP contribution in [0.15, 0.2) is 36.5 Å². The molecule has 0 spiro atoms. The lowest BCUT2D eigenvalue weighted by molar-refractivity contribution is -0.140. The van der Waals surface area contributed by atoms with E-state index in [4.69, 9.17) is 9.84 Å². The summed E-state index contributed by atoms with van der Waals surface area (Å²) in [6.07, 6.45) is 1.39. The topological polar surface area (TPSA) is 93.5 Å². The minimum absolute atomic E-state index is 0.174. The Balaban J connectivity index is 2.21. The molecule has 1 heterocycles. The molecule has 2 rings (SSSR count). The van der Waals surface area contributed by atoms with Gasteiger partial charge in [-0.3, -0.25) is 4.79 Å². The number of carboxylic acids is 1. The lowest BCUT2D eigenvalue weighted by Crippen LogP contribution is -2.24. The number of hydrogen-bond acceptors (Lipinski definition) is 4. The number of methoxy groups -OCH3 is 1. The Hall–Kier alpha value is -2.83. The van der Waals surface area contributed by atoms with Crippen LogP contribution in [0.1, 0.15) is 23.5 Å². The van der Waals surface area contributed by atoms with E-state index in [1.54, 1.807) is 24.3 Å². The van der Waals surface area contributed by atoms with Crippen molar-refractivity contribution in [3.8, 4) is 5.75 Å². The zero-order valence-corrected chi connectivity index (χ0v) is 11.6. The van der Waals surface area contributed by atoms with Crippen LogP contribution in [0, 0.1) is 0 Å². The van der Waals surface area contributed by atoms with E-state index in [-0.39, 0.29) is 5.69 Å². The van der Waals surface area contributed by atoms with E-state index >= 15 is 0 Å². The maximum atomic E-state index is 12.2. The molecule has 21 heavy (non-hydrogen) atoms. The average Bonchev–Trinajstić information content (AvgIpc) is 2.95. The largest absolute Gasteiger partial charge is 0.497 e. The molecular weight excluding hydrogens is 274 g/mol. The zero-order valence-electron chi connectivity index (χ0n) is 11.6. The molecule has 1 aromatic carbocycles. The Kier molecular flexibility index (Phi) is 4.22. The quantitative estimate of drug-likeness (QED) is 0.875. The summed E-state index contributed by atoms with van der Waals surface area (Å²) in [6, 6.07) is 7.42. The normalized spacial score (nSPS) is 11.7. The lowest BCUT2D eigenvalue weighted by Gasteiger charge is -2.12. The van der Waals surface area contributed by atoms with Gasteiger partial charge in [-0.15, -0.1) is 0 Å². The lowest BCUT2D eigenvalue weighted by atomic mass is 10.2. The molecular formula is C14H15N3O4. The fourth-order valence-corrected chi connectivity index (χ4v) is 1.80. The van der Waals surface area contributed by atoms with Gasteiger partial charge in [-0.2, -0.15) is 5.10 Å². The van der Waals surface area contributed by atoms with E-state index in [2.05, 4.69) is 10.4 Å². The summed E-state index contributed by atoms with van der Waals surface area (Å²) in [7, 11) is 1.53. The Morgan fingerprint density at radius 2 is 2.14 bits per heavy atom. The van der Waals surface area contributed by atoms with Crippen LogP contribution in [0.25, 0.3) is 0 Å². The molecule has 0 aliphatic carbocycles. The van der Waals surface area contributed by atoms with Crippen molar-refractivity contribution in [2.24, 2.45) is 0 Å². The maximum Gasteiger partial charge on any atom is 0.328 e. The van der Waals surface area contributed by atoms with Crippen LogP contribution in [0.2, 0.25) is 0 Å². The minimum Gasteiger partial charge on any atom is -0.497 e. The molecule has 0 saturated heterocycles. The Bertz CT molecular complexity index is 666. The average molecular weight is 289 g/mol. The summed E-state index contributed by atoms with van der Waals surface area (Å²) in [5, 5.41) is 15.6. The Morgan fingerprint density at radius 3 is 2.81 bits per heavy atom. The second-order valence-electron chi connectivity index (χ2n) is 4.36. The first-order valence-corrected chi connectivity index (χ1v) is 6.24. The molecule has 0 aliphatic heterocycles. The van der Waals surface area contributed by atoms with Gasteiger partial charge in [-0.1, -0.05) is 6.07 Å². The second-order valence-corrected chi connectivity index (χ2v) is 4.36. The number of aromatic nitrogens is 2. The van der Waals surface area contributed by atoms with Gasteiger partial charge >= 0.3 is 5.97 Å². The zero-order chi connectivity index (χ0) is 15.4. The third kappa shape index (κ3) is 3.19. The van der Waals surface area contributed by atoms with Gasteiger partial charge in [0.25, 0.3) is 5.91 Å². The number of nitrogens with one attached hydrogen (secondary N) is 1. The highest BCUT2D eigenvalue weighted by atomic mass is 16.5. The molecule has 0 radical (unpaired) electrons. The minimum atomic E-state index is -1.06. The monoisotopic (exact) mass is 289 g/mol. The maximum absolute atomic E-state index is 12.2. The van der Waals surface area contributed by atoms with E-state index in [1.807, 2.05) is 0 Å². The molecule has 1 atom stereocenters. The molecule has 0 bridgehead atoms. The van der Waals surface area contributed by atoms with Crippen LogP contribution in [0.4, 0.5) is 5.69 Å². The van der Waals surface area contributed by atoms with Crippen LogP contribution in [0.5, 0.6) is 5.75 Å². The number of ether oxygens (including phenoxy) is 1. The van der Waals surface area contributed by atoms with Crippen LogP contribution in [0.3, 0.4) is 0 Å². The Morgan fingerprint density at radius 1 is 1.38 bits per heavy atom. The first-order chi connectivity index (χ1) is 10.0. The van der Waals surface area contributed by atoms with E-state index < -0.39 is 17.9 Å². The molecule has 1 amide bonds. The van der Waals surface area contributed by atoms with Crippen LogP contribution < -0.4 is 10.1 Å². The van der Waals surface area contributed by atoms with Gasteiger partial charge in [0.2, 0.25) is 0 Å². The predicted molar refractivity (Wildman–Crippen MR) is 75.5 cm³/mol. The number of benzene rings is 1. The molecule has 110 valence electrons.